The van der Waals surface area contributed by atoms with Gasteiger partial charge in [0.2, 0.25) is 29.5 Å². The van der Waals surface area contributed by atoms with E-state index in [9.17, 15) is 28.8 Å². The number of hydrogen-bond donors (Lipinski definition) is 6. The summed E-state index contributed by atoms with van der Waals surface area (Å²) in [5.41, 5.74) is 15.9. The van der Waals surface area contributed by atoms with Crippen LogP contribution in [0.1, 0.15) is 59.8 Å². The van der Waals surface area contributed by atoms with Crippen LogP contribution in [-0.4, -0.2) is 60.0 Å². The molecule has 0 unspecified atom stereocenters. The Hall–Kier alpha value is -3.02. The number of aldehydes is 1. The fourth-order valence-electron chi connectivity index (χ4n) is 2.91. The van der Waals surface area contributed by atoms with Crippen LogP contribution in [0.2, 0.25) is 0 Å². The molecule has 0 aliphatic carbocycles. The number of carbonyl (C=O) groups excluding carboxylic acids is 6. The second-order valence-electron chi connectivity index (χ2n) is 8.47. The van der Waals surface area contributed by atoms with E-state index in [0.717, 1.165) is 0 Å². The number of hydrogen-bond acceptors (Lipinski definition) is 7. The monoisotopic (exact) mass is 470 g/mol. The van der Waals surface area contributed by atoms with Crippen LogP contribution in [0.15, 0.2) is 0 Å². The van der Waals surface area contributed by atoms with Crippen molar-refractivity contribution in [2.45, 2.75) is 84.0 Å². The zero-order valence-corrected chi connectivity index (χ0v) is 19.8. The van der Waals surface area contributed by atoms with Gasteiger partial charge in [0.25, 0.3) is 0 Å². The summed E-state index contributed by atoms with van der Waals surface area (Å²) in [4.78, 5) is 71.3. The minimum Gasteiger partial charge on any atom is -0.370 e. The Morgan fingerprint density at radius 3 is 1.73 bits per heavy atom. The smallest absolute Gasteiger partial charge is 0.243 e. The lowest BCUT2D eigenvalue weighted by atomic mass is 9.96. The van der Waals surface area contributed by atoms with Gasteiger partial charge in [-0.15, -0.1) is 0 Å². The molecule has 33 heavy (non-hydrogen) atoms. The molecule has 0 saturated carbocycles. The topological polar surface area (TPSA) is 217 Å². The lowest BCUT2D eigenvalue weighted by molar-refractivity contribution is -0.134. The van der Waals surface area contributed by atoms with E-state index in [1.54, 1.807) is 20.8 Å². The molecule has 0 aromatic heterocycles. The van der Waals surface area contributed by atoms with Crippen molar-refractivity contribution < 1.29 is 28.8 Å². The predicted molar refractivity (Wildman–Crippen MR) is 121 cm³/mol. The summed E-state index contributed by atoms with van der Waals surface area (Å²) in [7, 11) is 0. The summed E-state index contributed by atoms with van der Waals surface area (Å²) in [5, 5.41) is 7.72. The van der Waals surface area contributed by atoms with Crippen molar-refractivity contribution in [1.82, 2.24) is 16.0 Å². The maximum Gasteiger partial charge on any atom is 0.243 e. The number of rotatable bonds is 16. The van der Waals surface area contributed by atoms with E-state index in [0.29, 0.717) is 12.7 Å². The van der Waals surface area contributed by atoms with Gasteiger partial charge in [0.05, 0.1) is 12.1 Å². The van der Waals surface area contributed by atoms with Crippen LogP contribution >= 0.6 is 0 Å². The van der Waals surface area contributed by atoms with Gasteiger partial charge in [-0.05, 0) is 24.7 Å². The van der Waals surface area contributed by atoms with Gasteiger partial charge < -0.3 is 37.9 Å². The Labute approximate surface area is 194 Å². The highest BCUT2D eigenvalue weighted by Gasteiger charge is 2.32. The van der Waals surface area contributed by atoms with E-state index in [-0.39, 0.29) is 37.5 Å². The highest BCUT2D eigenvalue weighted by Crippen LogP contribution is 2.11. The lowest BCUT2D eigenvalue weighted by Crippen LogP contribution is -2.59. The van der Waals surface area contributed by atoms with Crippen molar-refractivity contribution in [1.29, 1.82) is 0 Å². The fraction of sp³-hybridized carbons (Fsp3) is 0.714. The van der Waals surface area contributed by atoms with Crippen LogP contribution in [0, 0.1) is 11.8 Å². The van der Waals surface area contributed by atoms with Crippen LogP contribution < -0.4 is 33.2 Å². The molecular formula is C21H38N6O6. The third-order valence-corrected chi connectivity index (χ3v) is 5.27. The molecule has 0 aliphatic rings. The second-order valence-corrected chi connectivity index (χ2v) is 8.47. The first-order chi connectivity index (χ1) is 15.3. The van der Waals surface area contributed by atoms with E-state index in [4.69, 9.17) is 17.2 Å². The van der Waals surface area contributed by atoms with Gasteiger partial charge in [0.1, 0.15) is 18.4 Å². The Kier molecular flexibility index (Phi) is 13.6. The minimum atomic E-state index is -1.03. The van der Waals surface area contributed by atoms with Crippen LogP contribution in [-0.2, 0) is 28.8 Å². The van der Waals surface area contributed by atoms with E-state index in [1.165, 1.54) is 0 Å². The van der Waals surface area contributed by atoms with Crippen molar-refractivity contribution in [3.05, 3.63) is 0 Å². The first-order valence-corrected chi connectivity index (χ1v) is 11.0. The third-order valence-electron chi connectivity index (χ3n) is 5.27. The van der Waals surface area contributed by atoms with E-state index in [2.05, 4.69) is 16.0 Å². The Morgan fingerprint density at radius 1 is 0.788 bits per heavy atom. The lowest BCUT2D eigenvalue weighted by Gasteiger charge is -2.29. The van der Waals surface area contributed by atoms with E-state index in [1.807, 2.05) is 6.92 Å². The predicted octanol–water partition coefficient (Wildman–Crippen LogP) is -1.80. The molecule has 188 valence electrons. The molecule has 0 rings (SSSR count). The van der Waals surface area contributed by atoms with Crippen LogP contribution in [0.3, 0.4) is 0 Å². The van der Waals surface area contributed by atoms with Gasteiger partial charge in [0.15, 0.2) is 0 Å². The van der Waals surface area contributed by atoms with Gasteiger partial charge in [-0.3, -0.25) is 24.0 Å². The summed E-state index contributed by atoms with van der Waals surface area (Å²) in [5.74, 6) is -3.64. The van der Waals surface area contributed by atoms with E-state index >= 15 is 0 Å². The normalized spacial score (nSPS) is 15.5. The third kappa shape index (κ3) is 11.4. The largest absolute Gasteiger partial charge is 0.370 e. The number of amides is 5. The Bertz CT molecular complexity index is 713. The molecule has 5 amide bonds. The summed E-state index contributed by atoms with van der Waals surface area (Å²) < 4.78 is 0. The Balaban J connectivity index is 5.34. The SMILES string of the molecule is CC[C@H](C)[C@H](NC(=O)[C@@H](N)CCC(N)=O)C(=O)N[C@H](C(=O)N[C@H](C=O)CCC(N)=O)C(C)C. The standard InChI is InChI=1S/C21H38N6O6/c1-5-12(4)18(27-19(31)14(22)7-9-16(24)30)21(33)26-17(11(2)3)20(32)25-13(10-28)6-8-15(23)29/h10-14,17-18H,5-9,22H2,1-4H3,(H2,23,29)(H2,24,30)(H,25,32)(H,26,33)(H,27,31)/t12-,13-,14-,17-,18-/m0/s1. The van der Waals surface area contributed by atoms with E-state index < -0.39 is 53.7 Å². The maximum absolute atomic E-state index is 13.0. The molecule has 5 atom stereocenters. The summed E-state index contributed by atoms with van der Waals surface area (Å²) in [6, 6.07) is -3.94. The van der Waals surface area contributed by atoms with Crippen molar-refractivity contribution >= 4 is 35.8 Å². The molecule has 0 saturated heterocycles. The summed E-state index contributed by atoms with van der Waals surface area (Å²) in [6.07, 6.45) is 0.964. The highest BCUT2D eigenvalue weighted by atomic mass is 16.2. The van der Waals surface area contributed by atoms with Gasteiger partial charge in [-0.2, -0.15) is 0 Å². The second kappa shape index (κ2) is 14.9. The molecule has 0 aliphatic heterocycles. The molecule has 0 radical (unpaired) electrons. The van der Waals surface area contributed by atoms with Gasteiger partial charge in [0, 0.05) is 12.8 Å². The fourth-order valence-corrected chi connectivity index (χ4v) is 2.91. The average Bonchev–Trinajstić information content (AvgIpc) is 2.75. The minimum absolute atomic E-state index is 0.0332. The molecule has 0 bridgehead atoms. The van der Waals surface area contributed by atoms with Crippen molar-refractivity contribution in [2.24, 2.45) is 29.0 Å². The zero-order chi connectivity index (χ0) is 25.7. The first-order valence-electron chi connectivity index (χ1n) is 11.0. The molecule has 12 heteroatoms. The molecule has 0 fully saturated rings. The molecule has 0 spiro atoms. The van der Waals surface area contributed by atoms with Crippen LogP contribution in [0.25, 0.3) is 0 Å². The van der Waals surface area contributed by atoms with Gasteiger partial charge in [-0.1, -0.05) is 34.1 Å². The number of nitrogens with one attached hydrogen (secondary N) is 3. The number of nitrogens with two attached hydrogens (primary N) is 3. The Morgan fingerprint density at radius 2 is 1.27 bits per heavy atom. The quantitative estimate of drug-likeness (QED) is 0.142. The van der Waals surface area contributed by atoms with Crippen molar-refractivity contribution in [2.75, 3.05) is 0 Å². The molecule has 9 N–H and O–H groups in total. The molecule has 0 heterocycles. The van der Waals surface area contributed by atoms with Gasteiger partial charge in [-0.25, -0.2) is 0 Å². The average molecular weight is 471 g/mol. The molecular weight excluding hydrogens is 432 g/mol. The first kappa shape index (κ1) is 30.0. The van der Waals surface area contributed by atoms with Crippen molar-refractivity contribution in [3.8, 4) is 0 Å². The number of primary amides is 2. The maximum atomic E-state index is 13.0. The zero-order valence-electron chi connectivity index (χ0n) is 19.8. The highest BCUT2D eigenvalue weighted by molar-refractivity contribution is 5.94. The van der Waals surface area contributed by atoms with Crippen LogP contribution in [0.5, 0.6) is 0 Å². The number of carbonyl (C=O) groups is 6. The molecule has 0 aromatic rings. The van der Waals surface area contributed by atoms with Gasteiger partial charge >= 0.3 is 0 Å². The van der Waals surface area contributed by atoms with Crippen LogP contribution in [0.4, 0.5) is 0 Å². The van der Waals surface area contributed by atoms with Crippen molar-refractivity contribution in [3.63, 3.8) is 0 Å². The summed E-state index contributed by atoms with van der Waals surface area (Å²) in [6.45, 7) is 7.02. The molecule has 0 aromatic carbocycles. The molecule has 12 nitrogen and oxygen atoms in total. The summed E-state index contributed by atoms with van der Waals surface area (Å²) >= 11 is 0.